The van der Waals surface area contributed by atoms with E-state index >= 15 is 0 Å². The summed E-state index contributed by atoms with van der Waals surface area (Å²) in [6.45, 7) is 0.221. The monoisotopic (exact) mass is 564 g/mol. The molecule has 202 valence electrons. The molecule has 0 aromatic heterocycles. The molecule has 0 unspecified atom stereocenters. The van der Waals surface area contributed by atoms with Crippen molar-refractivity contribution < 1.29 is 36.3 Å². The van der Waals surface area contributed by atoms with E-state index in [2.05, 4.69) is 10.0 Å². The Kier molecular flexibility index (Phi) is 9.70. The van der Waals surface area contributed by atoms with Crippen LogP contribution in [0, 0.1) is 0 Å². The maximum Gasteiger partial charge on any atom is 0.399 e. The minimum absolute atomic E-state index is 0.0553. The van der Waals surface area contributed by atoms with Crippen molar-refractivity contribution in [2.24, 2.45) is 0 Å². The third-order valence-corrected chi connectivity index (χ3v) is 7.97. The molecule has 1 atom stereocenters. The SMILES string of the molecule is O=C(NCC/C=C/c1ccccc1)[C@H](Cc1ccc(C(F)(F)P(=O)(O)O)cc1)NS(=O)(=O)c1ccccc1. The molecule has 3 aromatic rings. The number of halogens is 2. The second-order valence-electron chi connectivity index (χ2n) is 8.37. The lowest BCUT2D eigenvalue weighted by atomic mass is 10.0. The first-order valence-corrected chi connectivity index (χ1v) is 14.6. The van der Waals surface area contributed by atoms with E-state index in [1.54, 1.807) is 6.07 Å². The minimum Gasteiger partial charge on any atom is -0.354 e. The predicted molar refractivity (Wildman–Crippen MR) is 140 cm³/mol. The predicted octanol–water partition coefficient (Wildman–Crippen LogP) is 4.02. The summed E-state index contributed by atoms with van der Waals surface area (Å²) in [4.78, 5) is 30.8. The number of alkyl halides is 2. The van der Waals surface area contributed by atoms with Crippen LogP contribution in [-0.2, 0) is 31.5 Å². The summed E-state index contributed by atoms with van der Waals surface area (Å²) in [5.41, 5.74) is -3.99. The third kappa shape index (κ3) is 7.89. The second-order valence-corrected chi connectivity index (χ2v) is 11.7. The molecule has 0 saturated carbocycles. The molecule has 0 fully saturated rings. The van der Waals surface area contributed by atoms with Gasteiger partial charge in [-0.3, -0.25) is 9.36 Å². The highest BCUT2D eigenvalue weighted by molar-refractivity contribution is 7.89. The van der Waals surface area contributed by atoms with E-state index in [0.29, 0.717) is 12.0 Å². The highest BCUT2D eigenvalue weighted by atomic mass is 32.2. The van der Waals surface area contributed by atoms with Crippen molar-refractivity contribution in [3.05, 3.63) is 108 Å². The molecule has 0 aliphatic rings. The topological polar surface area (TPSA) is 133 Å². The molecule has 3 rings (SSSR count). The number of benzene rings is 3. The maximum atomic E-state index is 14.0. The molecule has 0 spiro atoms. The Morgan fingerprint density at radius 2 is 1.53 bits per heavy atom. The van der Waals surface area contributed by atoms with Gasteiger partial charge in [0.2, 0.25) is 15.9 Å². The smallest absolute Gasteiger partial charge is 0.354 e. The van der Waals surface area contributed by atoms with Crippen LogP contribution in [0.4, 0.5) is 8.78 Å². The first-order chi connectivity index (χ1) is 17.9. The molecule has 0 aliphatic heterocycles. The Hall–Kier alpha value is -3.21. The fourth-order valence-electron chi connectivity index (χ4n) is 3.47. The summed E-state index contributed by atoms with van der Waals surface area (Å²) in [5, 5.41) is 2.68. The molecule has 0 aliphatic carbocycles. The van der Waals surface area contributed by atoms with Crippen LogP contribution in [0.25, 0.3) is 6.08 Å². The maximum absolute atomic E-state index is 14.0. The number of carbonyl (C=O) groups is 1. The molecule has 8 nitrogen and oxygen atoms in total. The average molecular weight is 565 g/mol. The lowest BCUT2D eigenvalue weighted by Crippen LogP contribution is -2.48. The van der Waals surface area contributed by atoms with Crippen LogP contribution in [0.3, 0.4) is 0 Å². The summed E-state index contributed by atoms with van der Waals surface area (Å²) in [5.74, 6) is -0.623. The van der Waals surface area contributed by atoms with E-state index < -0.39 is 40.8 Å². The average Bonchev–Trinajstić information content (AvgIpc) is 2.88. The minimum atomic E-state index is -5.74. The number of carbonyl (C=O) groups excluding carboxylic acids is 1. The number of amides is 1. The van der Waals surface area contributed by atoms with Gasteiger partial charge in [0.05, 0.1) is 4.90 Å². The zero-order valence-electron chi connectivity index (χ0n) is 20.1. The Balaban J connectivity index is 1.74. The largest absolute Gasteiger partial charge is 0.399 e. The lowest BCUT2D eigenvalue weighted by molar-refractivity contribution is -0.122. The van der Waals surface area contributed by atoms with Gasteiger partial charge in [-0.05, 0) is 36.1 Å². The molecular formula is C26H27F2N2O6PS. The van der Waals surface area contributed by atoms with Crippen LogP contribution < -0.4 is 10.0 Å². The molecule has 4 N–H and O–H groups in total. The van der Waals surface area contributed by atoms with E-state index in [-0.39, 0.29) is 17.9 Å². The molecule has 12 heteroatoms. The van der Waals surface area contributed by atoms with Crippen molar-refractivity contribution in [2.75, 3.05) is 6.54 Å². The first-order valence-electron chi connectivity index (χ1n) is 11.5. The third-order valence-electron chi connectivity index (χ3n) is 5.49. The number of nitrogens with one attached hydrogen (secondary N) is 2. The molecule has 0 heterocycles. The van der Waals surface area contributed by atoms with Crippen LogP contribution in [0.2, 0.25) is 0 Å². The summed E-state index contributed by atoms with van der Waals surface area (Å²) < 4.78 is 67.2. The van der Waals surface area contributed by atoms with Gasteiger partial charge in [-0.25, -0.2) is 8.42 Å². The molecule has 38 heavy (non-hydrogen) atoms. The summed E-state index contributed by atoms with van der Waals surface area (Å²) >= 11 is 0. The Morgan fingerprint density at radius 1 is 0.947 bits per heavy atom. The van der Waals surface area contributed by atoms with Gasteiger partial charge < -0.3 is 15.1 Å². The van der Waals surface area contributed by atoms with Gasteiger partial charge in [-0.15, -0.1) is 0 Å². The van der Waals surface area contributed by atoms with Crippen molar-refractivity contribution in [3.8, 4) is 0 Å². The Labute approximate surface area is 219 Å². The molecule has 0 saturated heterocycles. The van der Waals surface area contributed by atoms with Crippen molar-refractivity contribution in [3.63, 3.8) is 0 Å². The fourth-order valence-corrected chi connectivity index (χ4v) is 5.18. The lowest BCUT2D eigenvalue weighted by Gasteiger charge is -2.20. The number of sulfonamides is 1. The van der Waals surface area contributed by atoms with Crippen LogP contribution in [0.5, 0.6) is 0 Å². The van der Waals surface area contributed by atoms with Gasteiger partial charge in [-0.2, -0.15) is 13.5 Å². The normalized spacial score (nSPS) is 13.4. The first kappa shape index (κ1) is 29.3. The van der Waals surface area contributed by atoms with Crippen LogP contribution in [-0.4, -0.2) is 36.7 Å². The standard InChI is InChI=1S/C26H27F2N2O6PS/c27-26(28,37(32,33)34)22-16-14-21(15-17-22)19-24(30-38(35,36)23-12-5-2-6-13-23)25(31)29-18-8-7-11-20-9-3-1-4-10-20/h1-7,9-17,24,30H,8,18-19H2,(H,29,31)(H2,32,33,34)/b11-7+/t24-/m0/s1. The van der Waals surface area contributed by atoms with E-state index in [4.69, 9.17) is 9.79 Å². The number of hydrogen-bond donors (Lipinski definition) is 4. The van der Waals surface area contributed by atoms with Gasteiger partial charge >= 0.3 is 13.3 Å². The highest BCUT2D eigenvalue weighted by Gasteiger charge is 2.50. The quantitative estimate of drug-likeness (QED) is 0.194. The van der Waals surface area contributed by atoms with Crippen LogP contribution >= 0.6 is 7.60 Å². The van der Waals surface area contributed by atoms with Crippen LogP contribution in [0.15, 0.2) is 95.9 Å². The van der Waals surface area contributed by atoms with Gasteiger partial charge in [0.1, 0.15) is 6.04 Å². The van der Waals surface area contributed by atoms with E-state index in [1.165, 1.54) is 36.4 Å². The van der Waals surface area contributed by atoms with Crippen molar-refractivity contribution >= 4 is 29.6 Å². The molecule has 0 radical (unpaired) electrons. The van der Waals surface area contributed by atoms with E-state index in [1.807, 2.05) is 42.5 Å². The zero-order valence-corrected chi connectivity index (χ0v) is 21.8. The van der Waals surface area contributed by atoms with Crippen molar-refractivity contribution in [2.45, 2.75) is 29.4 Å². The van der Waals surface area contributed by atoms with Crippen molar-refractivity contribution in [1.82, 2.24) is 10.0 Å². The Morgan fingerprint density at radius 3 is 2.11 bits per heavy atom. The van der Waals surface area contributed by atoms with Crippen LogP contribution in [0.1, 0.15) is 23.1 Å². The Bertz CT molecular complexity index is 1400. The van der Waals surface area contributed by atoms with Gasteiger partial charge in [-0.1, -0.05) is 84.9 Å². The molecule has 3 aromatic carbocycles. The molecule has 0 bridgehead atoms. The van der Waals surface area contributed by atoms with Gasteiger partial charge in [0, 0.05) is 12.1 Å². The molecule has 1 amide bonds. The summed E-state index contributed by atoms with van der Waals surface area (Å²) in [6.07, 6.45) is 4.03. The summed E-state index contributed by atoms with van der Waals surface area (Å²) in [7, 11) is -9.84. The van der Waals surface area contributed by atoms with E-state index in [0.717, 1.165) is 17.7 Å². The summed E-state index contributed by atoms with van der Waals surface area (Å²) in [6, 6.07) is 19.7. The zero-order chi connectivity index (χ0) is 27.8. The fraction of sp³-hybridized carbons (Fsp3) is 0.192. The second kappa shape index (κ2) is 12.6. The van der Waals surface area contributed by atoms with E-state index in [9.17, 15) is 26.6 Å². The van der Waals surface area contributed by atoms with Gasteiger partial charge in [0.15, 0.2) is 0 Å². The number of hydrogen-bond acceptors (Lipinski definition) is 4. The van der Waals surface area contributed by atoms with Gasteiger partial charge in [0.25, 0.3) is 0 Å². The number of rotatable bonds is 12. The molecular weight excluding hydrogens is 537 g/mol. The van der Waals surface area contributed by atoms with Crippen molar-refractivity contribution in [1.29, 1.82) is 0 Å². The highest BCUT2D eigenvalue weighted by Crippen LogP contribution is 2.59.